The summed E-state index contributed by atoms with van der Waals surface area (Å²) in [6.07, 6.45) is 2.77. The second-order valence-corrected chi connectivity index (χ2v) is 5.90. The fourth-order valence-electron chi connectivity index (χ4n) is 2.57. The molecular formula is C14H16Cl2FNO2. The lowest BCUT2D eigenvalue weighted by Crippen LogP contribution is -2.46. The number of nitrogens with zero attached hydrogens (tertiary/aromatic N) is 1. The van der Waals surface area contributed by atoms with E-state index in [2.05, 4.69) is 0 Å². The maximum Gasteiger partial charge on any atom is 0.255 e. The molecule has 2 rings (SSSR count). The summed E-state index contributed by atoms with van der Waals surface area (Å²) >= 11 is 11.6. The van der Waals surface area contributed by atoms with Gasteiger partial charge in [-0.25, -0.2) is 4.39 Å². The Morgan fingerprint density at radius 2 is 1.95 bits per heavy atom. The van der Waals surface area contributed by atoms with E-state index in [0.717, 1.165) is 25.3 Å². The van der Waals surface area contributed by atoms with Crippen LogP contribution in [0.15, 0.2) is 12.1 Å². The van der Waals surface area contributed by atoms with E-state index in [9.17, 15) is 14.3 Å². The predicted molar refractivity (Wildman–Crippen MR) is 76.8 cm³/mol. The van der Waals surface area contributed by atoms with Crippen molar-refractivity contribution >= 4 is 29.1 Å². The van der Waals surface area contributed by atoms with Crippen LogP contribution in [0.25, 0.3) is 0 Å². The summed E-state index contributed by atoms with van der Waals surface area (Å²) in [5, 5.41) is 9.97. The highest BCUT2D eigenvalue weighted by Crippen LogP contribution is 2.28. The van der Waals surface area contributed by atoms with Crippen LogP contribution in [0.3, 0.4) is 0 Å². The smallest absolute Gasteiger partial charge is 0.255 e. The van der Waals surface area contributed by atoms with Crippen LogP contribution in [0.4, 0.5) is 4.39 Å². The van der Waals surface area contributed by atoms with E-state index in [-0.39, 0.29) is 21.7 Å². The number of carbonyl (C=O) groups is 1. The minimum Gasteiger partial charge on any atom is -0.391 e. The zero-order chi connectivity index (χ0) is 14.9. The van der Waals surface area contributed by atoms with Gasteiger partial charge in [-0.2, -0.15) is 0 Å². The van der Waals surface area contributed by atoms with Crippen molar-refractivity contribution in [3.63, 3.8) is 0 Å². The van der Waals surface area contributed by atoms with Gasteiger partial charge in [-0.05, 0) is 25.0 Å². The molecule has 1 aliphatic rings. The maximum atomic E-state index is 13.5. The van der Waals surface area contributed by atoms with Crippen LogP contribution >= 0.6 is 23.2 Å². The molecule has 2 unspecified atom stereocenters. The van der Waals surface area contributed by atoms with Gasteiger partial charge in [-0.3, -0.25) is 4.79 Å². The number of amides is 1. The van der Waals surface area contributed by atoms with Crippen LogP contribution in [0.5, 0.6) is 0 Å². The van der Waals surface area contributed by atoms with Crippen LogP contribution in [0.1, 0.15) is 36.0 Å². The van der Waals surface area contributed by atoms with Crippen molar-refractivity contribution in [2.45, 2.75) is 37.8 Å². The van der Waals surface area contributed by atoms with Crippen molar-refractivity contribution in [2.75, 3.05) is 7.05 Å². The third-order valence-electron chi connectivity index (χ3n) is 3.75. The lowest BCUT2D eigenvalue weighted by molar-refractivity contribution is 0.0268. The van der Waals surface area contributed by atoms with E-state index in [0.29, 0.717) is 6.42 Å². The molecule has 3 nitrogen and oxygen atoms in total. The zero-order valence-electron chi connectivity index (χ0n) is 11.1. The number of likely N-dealkylation sites (N-methyl/N-ethyl adjacent to an activating group) is 1. The molecule has 20 heavy (non-hydrogen) atoms. The summed E-state index contributed by atoms with van der Waals surface area (Å²) in [5.41, 5.74) is 0.0637. The highest BCUT2D eigenvalue weighted by Gasteiger charge is 2.30. The predicted octanol–water partition coefficient (Wildman–Crippen LogP) is 3.51. The van der Waals surface area contributed by atoms with Gasteiger partial charge < -0.3 is 10.0 Å². The second-order valence-electron chi connectivity index (χ2n) is 5.08. The Bertz CT molecular complexity index is 524. The van der Waals surface area contributed by atoms with E-state index in [1.54, 1.807) is 7.05 Å². The van der Waals surface area contributed by atoms with E-state index in [4.69, 9.17) is 23.2 Å². The SMILES string of the molecule is CN(C(=O)c1cc(F)c(Cl)cc1Cl)C1CCCCC1O. The number of benzene rings is 1. The highest BCUT2D eigenvalue weighted by atomic mass is 35.5. The summed E-state index contributed by atoms with van der Waals surface area (Å²) in [6, 6.07) is 2.00. The molecule has 0 saturated heterocycles. The first-order valence-corrected chi connectivity index (χ1v) is 7.27. The van der Waals surface area contributed by atoms with Gasteiger partial charge in [0.25, 0.3) is 5.91 Å². The lowest BCUT2D eigenvalue weighted by Gasteiger charge is -2.35. The Balaban J connectivity index is 2.24. The minimum absolute atomic E-state index is 0.0637. The van der Waals surface area contributed by atoms with Crippen molar-refractivity contribution in [1.29, 1.82) is 0 Å². The van der Waals surface area contributed by atoms with Gasteiger partial charge in [-0.15, -0.1) is 0 Å². The van der Waals surface area contributed by atoms with Crippen molar-refractivity contribution < 1.29 is 14.3 Å². The maximum absolute atomic E-state index is 13.5. The molecule has 1 N–H and O–H groups in total. The van der Waals surface area contributed by atoms with Crippen LogP contribution < -0.4 is 0 Å². The number of hydrogen-bond acceptors (Lipinski definition) is 2. The molecule has 6 heteroatoms. The van der Waals surface area contributed by atoms with Crippen molar-refractivity contribution in [3.05, 3.63) is 33.6 Å². The van der Waals surface area contributed by atoms with Gasteiger partial charge in [-0.1, -0.05) is 36.0 Å². The largest absolute Gasteiger partial charge is 0.391 e. The minimum atomic E-state index is -0.683. The van der Waals surface area contributed by atoms with Crippen LogP contribution in [-0.2, 0) is 0 Å². The molecule has 0 aromatic heterocycles. The lowest BCUT2D eigenvalue weighted by atomic mass is 9.91. The molecule has 2 atom stereocenters. The highest BCUT2D eigenvalue weighted by molar-refractivity contribution is 6.36. The average molecular weight is 320 g/mol. The fraction of sp³-hybridized carbons (Fsp3) is 0.500. The quantitative estimate of drug-likeness (QED) is 0.847. The topological polar surface area (TPSA) is 40.5 Å². The van der Waals surface area contributed by atoms with Gasteiger partial charge in [0.05, 0.1) is 27.8 Å². The van der Waals surface area contributed by atoms with Gasteiger partial charge in [0.1, 0.15) is 5.82 Å². The Labute approximate surface area is 127 Å². The summed E-state index contributed by atoms with van der Waals surface area (Å²) in [4.78, 5) is 13.8. The van der Waals surface area contributed by atoms with Gasteiger partial charge in [0.15, 0.2) is 0 Å². The third kappa shape index (κ3) is 3.08. The van der Waals surface area contributed by atoms with Crippen LogP contribution in [-0.4, -0.2) is 35.1 Å². The summed E-state index contributed by atoms with van der Waals surface area (Å²) < 4.78 is 13.5. The van der Waals surface area contributed by atoms with Crippen molar-refractivity contribution in [1.82, 2.24) is 4.90 Å². The van der Waals surface area contributed by atoms with E-state index >= 15 is 0 Å². The number of rotatable bonds is 2. The van der Waals surface area contributed by atoms with Gasteiger partial charge in [0, 0.05) is 7.05 Å². The number of carbonyl (C=O) groups excluding carboxylic acids is 1. The van der Waals surface area contributed by atoms with Crippen LogP contribution in [0.2, 0.25) is 10.0 Å². The molecule has 0 aliphatic heterocycles. The Morgan fingerprint density at radius 3 is 2.60 bits per heavy atom. The van der Waals surface area contributed by atoms with Gasteiger partial charge >= 0.3 is 0 Å². The molecule has 1 aromatic rings. The molecule has 1 amide bonds. The first kappa shape index (κ1) is 15.5. The first-order chi connectivity index (χ1) is 9.41. The molecule has 0 spiro atoms. The summed E-state index contributed by atoms with van der Waals surface area (Å²) in [7, 11) is 1.60. The fourth-order valence-corrected chi connectivity index (χ4v) is 3.03. The molecule has 1 aromatic carbocycles. The number of aliphatic hydroxyl groups excluding tert-OH is 1. The molecule has 110 valence electrons. The number of aliphatic hydroxyl groups is 1. The molecule has 1 aliphatic carbocycles. The summed E-state index contributed by atoms with van der Waals surface area (Å²) in [5.74, 6) is -1.09. The standard InChI is InChI=1S/C14H16Cl2FNO2/c1-18(12-4-2-3-5-13(12)19)14(20)8-6-11(17)10(16)7-9(8)15/h6-7,12-13,19H,2-5H2,1H3. The van der Waals surface area contributed by atoms with Crippen molar-refractivity contribution in [2.24, 2.45) is 0 Å². The Hall–Kier alpha value is -0.840. The molecule has 1 fully saturated rings. The summed E-state index contributed by atoms with van der Waals surface area (Å²) in [6.45, 7) is 0. The zero-order valence-corrected chi connectivity index (χ0v) is 12.6. The molecule has 0 heterocycles. The Kier molecular flexibility index (Phi) is 4.89. The monoisotopic (exact) mass is 319 g/mol. The number of hydrogen-bond donors (Lipinski definition) is 1. The average Bonchev–Trinajstić information content (AvgIpc) is 2.42. The molecule has 0 bridgehead atoms. The second kappa shape index (κ2) is 6.29. The molecule has 0 radical (unpaired) electrons. The van der Waals surface area contributed by atoms with Gasteiger partial charge in [0.2, 0.25) is 0 Å². The van der Waals surface area contributed by atoms with E-state index in [1.807, 2.05) is 0 Å². The first-order valence-electron chi connectivity index (χ1n) is 6.51. The van der Waals surface area contributed by atoms with E-state index < -0.39 is 17.8 Å². The number of halogens is 3. The third-order valence-corrected chi connectivity index (χ3v) is 4.35. The Morgan fingerprint density at radius 1 is 1.30 bits per heavy atom. The normalized spacial score (nSPS) is 22.6. The molecule has 1 saturated carbocycles. The van der Waals surface area contributed by atoms with E-state index in [1.165, 1.54) is 11.0 Å². The van der Waals surface area contributed by atoms with Crippen molar-refractivity contribution in [3.8, 4) is 0 Å². The molecular weight excluding hydrogens is 304 g/mol. The van der Waals surface area contributed by atoms with Crippen LogP contribution in [0, 0.1) is 5.82 Å².